The fourth-order valence-electron chi connectivity index (χ4n) is 3.03. The number of rotatable bonds is 3. The van der Waals surface area contributed by atoms with Crippen molar-refractivity contribution in [2.75, 3.05) is 0 Å². The Morgan fingerprint density at radius 3 is 2.16 bits per heavy atom. The van der Waals surface area contributed by atoms with Gasteiger partial charge in [0.05, 0.1) is 16.6 Å². The van der Waals surface area contributed by atoms with Gasteiger partial charge in [-0.3, -0.25) is 29.8 Å². The van der Waals surface area contributed by atoms with E-state index >= 15 is 0 Å². The van der Waals surface area contributed by atoms with Crippen LogP contribution in [0, 0.1) is 10.6 Å². The molecule has 0 aliphatic carbocycles. The molecule has 3 aromatic carbocycles. The maximum absolute atomic E-state index is 13.0. The Labute approximate surface area is 180 Å². The third kappa shape index (κ3) is 4.12. The highest BCUT2D eigenvalue weighted by Crippen LogP contribution is 2.13. The molecule has 0 fully saturated rings. The van der Waals surface area contributed by atoms with Crippen molar-refractivity contribution >= 4 is 34.9 Å². The van der Waals surface area contributed by atoms with E-state index in [1.165, 1.54) is 34.9 Å². The molecule has 2 amide bonds. The minimum atomic E-state index is -0.598. The van der Waals surface area contributed by atoms with E-state index in [-0.39, 0.29) is 21.5 Å². The monoisotopic (exact) mass is 434 g/mol. The summed E-state index contributed by atoms with van der Waals surface area (Å²) in [5, 5.41) is 0.351. The van der Waals surface area contributed by atoms with Crippen LogP contribution in [-0.2, 0) is 0 Å². The Morgan fingerprint density at radius 1 is 0.871 bits per heavy atom. The number of aromatic amines is 1. The van der Waals surface area contributed by atoms with Gasteiger partial charge in [0.2, 0.25) is 0 Å². The average Bonchev–Trinajstić information content (AvgIpc) is 2.78. The summed E-state index contributed by atoms with van der Waals surface area (Å²) in [6.45, 7) is 0. The van der Waals surface area contributed by atoms with Crippen molar-refractivity contribution < 1.29 is 14.0 Å². The summed E-state index contributed by atoms with van der Waals surface area (Å²) in [5.74, 6) is -1.66. The fourth-order valence-corrected chi connectivity index (χ4v) is 3.33. The van der Waals surface area contributed by atoms with Crippen molar-refractivity contribution in [3.8, 4) is 5.69 Å². The van der Waals surface area contributed by atoms with E-state index in [1.807, 2.05) is 6.07 Å². The summed E-state index contributed by atoms with van der Waals surface area (Å²) in [6, 6.07) is 18.3. The van der Waals surface area contributed by atoms with Crippen LogP contribution in [0.25, 0.3) is 16.6 Å². The number of carbonyl (C=O) groups is 2. The zero-order valence-electron chi connectivity index (χ0n) is 15.9. The SMILES string of the molecule is O=C(NNC(=O)c1ccc2c(=O)n(-c3ccccc3)c(=S)[nH]c2c1)c1ccc(F)cc1. The third-order valence-electron chi connectivity index (χ3n) is 4.57. The second kappa shape index (κ2) is 8.33. The van der Waals surface area contributed by atoms with Crippen LogP contribution in [0.15, 0.2) is 77.6 Å². The number of nitrogens with zero attached hydrogens (tertiary/aromatic N) is 1. The van der Waals surface area contributed by atoms with Crippen molar-refractivity contribution in [1.29, 1.82) is 0 Å². The number of hydrogen-bond acceptors (Lipinski definition) is 4. The minimum absolute atomic E-state index is 0.186. The number of aromatic nitrogens is 2. The molecule has 0 aliphatic rings. The second-order valence-corrected chi connectivity index (χ2v) is 6.97. The summed E-state index contributed by atoms with van der Waals surface area (Å²) in [5.41, 5.74) is 5.63. The van der Waals surface area contributed by atoms with E-state index < -0.39 is 17.6 Å². The summed E-state index contributed by atoms with van der Waals surface area (Å²) in [6.07, 6.45) is 0. The largest absolute Gasteiger partial charge is 0.331 e. The Bertz CT molecular complexity index is 1410. The fraction of sp³-hybridized carbons (Fsp3) is 0. The maximum atomic E-state index is 13.0. The first kappa shape index (κ1) is 20.2. The number of hydrazine groups is 1. The van der Waals surface area contributed by atoms with Gasteiger partial charge in [0.25, 0.3) is 17.4 Å². The van der Waals surface area contributed by atoms with Crippen LogP contribution >= 0.6 is 12.2 Å². The van der Waals surface area contributed by atoms with Crippen LogP contribution in [0.2, 0.25) is 0 Å². The number of nitrogens with one attached hydrogen (secondary N) is 3. The second-order valence-electron chi connectivity index (χ2n) is 6.58. The molecule has 154 valence electrons. The molecule has 0 saturated carbocycles. The van der Waals surface area contributed by atoms with Gasteiger partial charge in [0.1, 0.15) is 5.82 Å². The summed E-state index contributed by atoms with van der Waals surface area (Å²) in [7, 11) is 0. The number of halogens is 1. The lowest BCUT2D eigenvalue weighted by atomic mass is 10.1. The van der Waals surface area contributed by atoms with Gasteiger partial charge in [-0.25, -0.2) is 4.39 Å². The summed E-state index contributed by atoms with van der Waals surface area (Å²) < 4.78 is 14.5. The van der Waals surface area contributed by atoms with Crippen molar-refractivity contribution in [2.45, 2.75) is 0 Å². The van der Waals surface area contributed by atoms with Gasteiger partial charge < -0.3 is 4.98 Å². The van der Waals surface area contributed by atoms with Crippen LogP contribution in [0.4, 0.5) is 4.39 Å². The number of H-pyrrole nitrogens is 1. The Kier molecular flexibility index (Phi) is 5.42. The quantitative estimate of drug-likeness (QED) is 0.341. The maximum Gasteiger partial charge on any atom is 0.269 e. The summed E-state index contributed by atoms with van der Waals surface area (Å²) >= 11 is 5.33. The van der Waals surface area contributed by atoms with Gasteiger partial charge in [-0.05, 0) is 66.8 Å². The topological polar surface area (TPSA) is 96.0 Å². The highest BCUT2D eigenvalue weighted by atomic mass is 32.1. The molecular weight excluding hydrogens is 419 g/mol. The number of amides is 2. The normalized spacial score (nSPS) is 10.6. The first-order valence-corrected chi connectivity index (χ1v) is 9.55. The third-order valence-corrected chi connectivity index (χ3v) is 4.85. The molecule has 0 bridgehead atoms. The predicted octanol–water partition coefficient (Wildman–Crippen LogP) is 3.26. The van der Waals surface area contributed by atoms with E-state index in [4.69, 9.17) is 12.2 Å². The lowest BCUT2D eigenvalue weighted by Crippen LogP contribution is -2.41. The number of carbonyl (C=O) groups excluding carboxylic acids is 2. The van der Waals surface area contributed by atoms with E-state index in [2.05, 4.69) is 15.8 Å². The number of hydrogen-bond donors (Lipinski definition) is 3. The van der Waals surface area contributed by atoms with Gasteiger partial charge in [0.15, 0.2) is 4.77 Å². The van der Waals surface area contributed by atoms with Crippen LogP contribution in [-0.4, -0.2) is 21.4 Å². The van der Waals surface area contributed by atoms with Crippen molar-refractivity contribution in [3.63, 3.8) is 0 Å². The first-order valence-electron chi connectivity index (χ1n) is 9.15. The van der Waals surface area contributed by atoms with Gasteiger partial charge in [-0.15, -0.1) is 0 Å². The van der Waals surface area contributed by atoms with E-state index in [0.717, 1.165) is 12.1 Å². The zero-order valence-corrected chi connectivity index (χ0v) is 16.7. The molecule has 9 heteroatoms. The van der Waals surface area contributed by atoms with E-state index in [9.17, 15) is 18.8 Å². The molecule has 0 unspecified atom stereocenters. The molecule has 7 nitrogen and oxygen atoms in total. The molecule has 4 rings (SSSR count). The van der Waals surface area contributed by atoms with Crippen LogP contribution in [0.5, 0.6) is 0 Å². The van der Waals surface area contributed by atoms with Crippen LogP contribution in [0.3, 0.4) is 0 Å². The Hall–Kier alpha value is -4.11. The molecule has 0 spiro atoms. The molecule has 0 saturated heterocycles. The van der Waals surface area contributed by atoms with E-state index in [1.54, 1.807) is 24.3 Å². The minimum Gasteiger partial charge on any atom is -0.331 e. The van der Waals surface area contributed by atoms with Gasteiger partial charge in [-0.1, -0.05) is 18.2 Å². The van der Waals surface area contributed by atoms with Crippen LogP contribution in [0.1, 0.15) is 20.7 Å². The Morgan fingerprint density at radius 2 is 1.48 bits per heavy atom. The standard InChI is InChI=1S/C22H15FN4O3S/c23-15-9-6-13(7-10-15)19(28)25-26-20(29)14-8-11-17-18(12-14)24-22(31)27(21(17)30)16-4-2-1-3-5-16/h1-12H,(H,24,31)(H,25,28)(H,26,29). The number of para-hydroxylation sites is 1. The van der Waals surface area contributed by atoms with Crippen molar-refractivity contribution in [3.05, 3.63) is 105 Å². The van der Waals surface area contributed by atoms with E-state index in [0.29, 0.717) is 16.6 Å². The number of fused-ring (bicyclic) bond motifs is 1. The molecule has 1 heterocycles. The highest BCUT2D eigenvalue weighted by molar-refractivity contribution is 7.71. The molecule has 1 aromatic heterocycles. The van der Waals surface area contributed by atoms with Crippen molar-refractivity contribution in [2.24, 2.45) is 0 Å². The lowest BCUT2D eigenvalue weighted by molar-refractivity contribution is 0.0846. The highest BCUT2D eigenvalue weighted by Gasteiger charge is 2.13. The molecule has 0 atom stereocenters. The average molecular weight is 434 g/mol. The van der Waals surface area contributed by atoms with Crippen LogP contribution < -0.4 is 16.4 Å². The Balaban J connectivity index is 1.58. The molecular formula is C22H15FN4O3S. The predicted molar refractivity (Wildman–Crippen MR) is 116 cm³/mol. The smallest absolute Gasteiger partial charge is 0.269 e. The van der Waals surface area contributed by atoms with Gasteiger partial charge >= 0.3 is 0 Å². The van der Waals surface area contributed by atoms with Gasteiger partial charge in [0, 0.05) is 11.1 Å². The summed E-state index contributed by atoms with van der Waals surface area (Å²) in [4.78, 5) is 40.4. The lowest BCUT2D eigenvalue weighted by Gasteiger charge is -2.10. The molecule has 4 aromatic rings. The van der Waals surface area contributed by atoms with Gasteiger partial charge in [-0.2, -0.15) is 0 Å². The zero-order chi connectivity index (χ0) is 22.0. The molecule has 3 N–H and O–H groups in total. The molecule has 0 radical (unpaired) electrons. The molecule has 31 heavy (non-hydrogen) atoms. The number of benzene rings is 3. The molecule has 0 aliphatic heterocycles. The first-order chi connectivity index (χ1) is 14.9. The van der Waals surface area contributed by atoms with Crippen molar-refractivity contribution in [1.82, 2.24) is 20.4 Å².